The summed E-state index contributed by atoms with van der Waals surface area (Å²) in [6.07, 6.45) is 8.25. The molecule has 70 heavy (non-hydrogen) atoms. The van der Waals surface area contributed by atoms with Gasteiger partial charge in [0.05, 0.1) is 28.5 Å². The van der Waals surface area contributed by atoms with Crippen molar-refractivity contribution in [1.29, 1.82) is 5.26 Å². The molecule has 10 rings (SSSR count). The minimum atomic E-state index is -10.7. The van der Waals surface area contributed by atoms with Crippen molar-refractivity contribution in [3.05, 3.63) is 109 Å². The molecule has 6 aromatic rings. The van der Waals surface area contributed by atoms with Crippen LogP contribution in [-0.2, 0) is 19.5 Å². The molecule has 0 atom stereocenters. The Balaban J connectivity index is 0.000000195. The van der Waals surface area contributed by atoms with Gasteiger partial charge in [0.25, 0.3) is 0 Å². The number of aromatic nitrogens is 4. The second-order valence-corrected chi connectivity index (χ2v) is 19.6. The molecule has 8 heterocycles. The van der Waals surface area contributed by atoms with E-state index in [0.717, 1.165) is 146 Å². The first-order chi connectivity index (χ1) is 32.1. The third kappa shape index (κ3) is 17.9. The molecule has 2 fully saturated rings. The van der Waals surface area contributed by atoms with E-state index in [9.17, 15) is 50.4 Å². The van der Waals surface area contributed by atoms with Crippen molar-refractivity contribution in [2.45, 2.75) is 32.6 Å². The van der Waals surface area contributed by atoms with Crippen LogP contribution >= 0.6 is 15.6 Å². The summed E-state index contributed by atoms with van der Waals surface area (Å²) in [6.45, 7) is 9.60. The number of benzene rings is 2. The van der Waals surface area contributed by atoms with Crippen molar-refractivity contribution >= 4 is 61.0 Å². The zero-order valence-corrected chi connectivity index (χ0v) is 40.6. The molecule has 0 N–H and O–H groups in total. The molecule has 11 nitrogen and oxygen atoms in total. The van der Waals surface area contributed by atoms with E-state index in [1.165, 1.54) is 6.92 Å². The van der Waals surface area contributed by atoms with Crippen LogP contribution in [0.15, 0.2) is 119 Å². The Bertz CT molecular complexity index is 2670. The maximum absolute atomic E-state index is 10.7. The Morgan fingerprint density at radius 1 is 0.471 bits per heavy atom. The predicted octanol–water partition coefficient (Wildman–Crippen LogP) is 14.4. The number of guanidine groups is 2. The van der Waals surface area contributed by atoms with Gasteiger partial charge in [-0.3, -0.25) is 29.8 Å². The third-order valence-electron chi connectivity index (χ3n) is 10.2. The van der Waals surface area contributed by atoms with Crippen molar-refractivity contribution in [3.63, 3.8) is 0 Å². The van der Waals surface area contributed by atoms with Gasteiger partial charge in [-0.25, -0.2) is 9.97 Å². The summed E-state index contributed by atoms with van der Waals surface area (Å²) >= 11 is 0. The number of rotatable bonds is 4. The van der Waals surface area contributed by atoms with Crippen molar-refractivity contribution in [2.75, 3.05) is 62.2 Å². The van der Waals surface area contributed by atoms with Gasteiger partial charge < -0.3 is 9.80 Å². The molecular weight excluding hydrogens is 1070 g/mol. The number of pyridine rings is 4. The molecular formula is C44H45F12N11P2Ru. The molecule has 2 aromatic carbocycles. The summed E-state index contributed by atoms with van der Waals surface area (Å²) in [7, 11) is -21.3. The van der Waals surface area contributed by atoms with Crippen LogP contribution in [0.3, 0.4) is 0 Å². The standard InChI is InChI=1S/2C21H21N5.C2H3N.2F6P.Ru/c2*1-6-16-7-3-11-22-20(16)17(8-1)18-9-2-10-19(24-18)26-15-5-14-25-13-4-12-23-21(25)26;1-2-3;2*1-7(2,3,4,5)6;/h2*1-3,6-11H,4-5,12-15H2;1H3;;;/q;;;2*-1;+2. The predicted molar refractivity (Wildman–Crippen MR) is 249 cm³/mol. The van der Waals surface area contributed by atoms with Crippen LogP contribution in [0.25, 0.3) is 44.3 Å². The van der Waals surface area contributed by atoms with Crippen LogP contribution in [0, 0.1) is 11.3 Å². The zero-order valence-electron chi connectivity index (χ0n) is 37.1. The Hall–Kier alpha value is -5.77. The summed E-state index contributed by atoms with van der Waals surface area (Å²) in [5.41, 5.74) is 6.05. The van der Waals surface area contributed by atoms with Crippen LogP contribution < -0.4 is 9.80 Å². The number of hydrogen-bond acceptors (Lipinski definition) is 11. The Kier molecular flexibility index (Phi) is 16.2. The monoisotopic (exact) mass is 1120 g/mol. The number of aliphatic imine (C=N–C) groups is 2. The Labute approximate surface area is 407 Å². The van der Waals surface area contributed by atoms with E-state index in [4.69, 9.17) is 25.2 Å². The van der Waals surface area contributed by atoms with Gasteiger partial charge in [0, 0.05) is 93.6 Å². The summed E-state index contributed by atoms with van der Waals surface area (Å²) in [6, 6.07) is 34.9. The molecule has 0 radical (unpaired) electrons. The van der Waals surface area contributed by atoms with Gasteiger partial charge in [0.2, 0.25) is 11.9 Å². The molecule has 26 heteroatoms. The molecule has 4 aliphatic rings. The van der Waals surface area contributed by atoms with Crippen LogP contribution in [0.2, 0.25) is 0 Å². The first-order valence-electron chi connectivity index (χ1n) is 21.3. The average molecular weight is 1120 g/mol. The fourth-order valence-electron chi connectivity index (χ4n) is 7.76. The Morgan fingerprint density at radius 2 is 0.800 bits per heavy atom. The first-order valence-corrected chi connectivity index (χ1v) is 25.4. The largest absolute Gasteiger partial charge is 2.00 e. The molecule has 378 valence electrons. The topological polar surface area (TPSA) is 113 Å². The van der Waals surface area contributed by atoms with Crippen molar-refractivity contribution < 1.29 is 69.8 Å². The molecule has 0 aliphatic carbocycles. The quantitative estimate of drug-likeness (QED) is 0.0967. The SMILES string of the molecule is CC#N.F[P-](F)(F)(F)(F)F.F[P-](F)(F)(F)(F)F.[Ru+2].c1cc(-c2cccc3cccnc23)nc(N2CCCN3CCCN=C32)c1.c1cc(-c2cccc3cccnc23)nc(N2CCCN3CCCN=C32)c1. The van der Waals surface area contributed by atoms with Crippen LogP contribution in [0.5, 0.6) is 0 Å². The van der Waals surface area contributed by atoms with Gasteiger partial charge in [-0.15, -0.1) is 0 Å². The van der Waals surface area contributed by atoms with Gasteiger partial charge >= 0.3 is 85.5 Å². The number of nitriles is 1. The number of halogens is 12. The van der Waals surface area contributed by atoms with Crippen molar-refractivity contribution in [1.82, 2.24) is 29.7 Å². The number of para-hydroxylation sites is 2. The molecule has 4 aliphatic heterocycles. The van der Waals surface area contributed by atoms with Gasteiger partial charge in [0.1, 0.15) is 11.6 Å². The normalized spacial score (nSPS) is 17.5. The van der Waals surface area contributed by atoms with Crippen molar-refractivity contribution in [3.8, 4) is 28.6 Å². The van der Waals surface area contributed by atoms with E-state index >= 15 is 0 Å². The van der Waals surface area contributed by atoms with Gasteiger partial charge in [-0.2, -0.15) is 5.26 Å². The number of anilines is 2. The van der Waals surface area contributed by atoms with Gasteiger partial charge in [-0.1, -0.05) is 60.7 Å². The Morgan fingerprint density at radius 3 is 1.17 bits per heavy atom. The summed E-state index contributed by atoms with van der Waals surface area (Å²) in [5.74, 6) is 4.12. The van der Waals surface area contributed by atoms with E-state index < -0.39 is 15.6 Å². The minimum Gasteiger partial charge on any atom is -0.342 e. The summed E-state index contributed by atoms with van der Waals surface area (Å²) in [4.78, 5) is 38.0. The van der Waals surface area contributed by atoms with Crippen LogP contribution in [0.4, 0.5) is 62.0 Å². The average Bonchev–Trinajstić information content (AvgIpc) is 3.29. The van der Waals surface area contributed by atoms with Gasteiger partial charge in [-0.05, 0) is 62.1 Å². The second-order valence-electron chi connectivity index (χ2n) is 15.7. The summed E-state index contributed by atoms with van der Waals surface area (Å²) < 4.78 is 118. The summed E-state index contributed by atoms with van der Waals surface area (Å²) in [5, 5.41) is 9.59. The zero-order chi connectivity index (χ0) is 50.2. The smallest absolute Gasteiger partial charge is 0.342 e. The fraction of sp³-hybridized carbons (Fsp3) is 0.295. The van der Waals surface area contributed by atoms with Gasteiger partial charge in [0.15, 0.2) is 0 Å². The molecule has 0 unspecified atom stereocenters. The van der Waals surface area contributed by atoms with E-state index in [1.54, 1.807) is 6.07 Å². The second kappa shape index (κ2) is 20.5. The molecule has 0 amide bonds. The van der Waals surface area contributed by atoms with E-state index in [2.05, 4.69) is 114 Å². The molecule has 4 aromatic heterocycles. The molecule has 2 saturated heterocycles. The van der Waals surface area contributed by atoms with Crippen molar-refractivity contribution in [2.24, 2.45) is 9.98 Å². The number of hydrogen-bond donors (Lipinski definition) is 0. The molecule has 0 bridgehead atoms. The van der Waals surface area contributed by atoms with E-state index in [0.29, 0.717) is 0 Å². The maximum Gasteiger partial charge on any atom is 2.00 e. The third-order valence-corrected chi connectivity index (χ3v) is 10.2. The first kappa shape index (κ1) is 55.2. The fourth-order valence-corrected chi connectivity index (χ4v) is 7.76. The molecule has 0 saturated carbocycles. The van der Waals surface area contributed by atoms with E-state index in [-0.39, 0.29) is 19.5 Å². The van der Waals surface area contributed by atoms with Crippen LogP contribution in [-0.4, -0.2) is 94.0 Å². The van der Waals surface area contributed by atoms with E-state index in [1.807, 2.05) is 24.5 Å². The molecule has 0 spiro atoms. The number of fused-ring (bicyclic) bond motifs is 4. The van der Waals surface area contributed by atoms with Crippen LogP contribution in [0.1, 0.15) is 32.6 Å². The minimum absolute atomic E-state index is 0. The maximum atomic E-state index is 9.87. The number of nitrogens with zero attached hydrogens (tertiary/aromatic N) is 11.